The number of ether oxygens (including phenoxy) is 2. The fraction of sp³-hybridized carbons (Fsp3) is 0.185. The summed E-state index contributed by atoms with van der Waals surface area (Å²) < 4.78 is 10.8. The molecule has 5 rings (SSSR count). The number of carbonyl (C=O) groups is 1. The van der Waals surface area contributed by atoms with Crippen LogP contribution in [0.15, 0.2) is 78.9 Å². The van der Waals surface area contributed by atoms with E-state index in [1.165, 1.54) is 0 Å². The number of aromatic amines is 1. The largest absolute Gasteiger partial charge is 0.493 e. The average molecular weight is 440 g/mol. The third-order valence-electron chi connectivity index (χ3n) is 6.12. The molecule has 166 valence electrons. The summed E-state index contributed by atoms with van der Waals surface area (Å²) in [5.74, 6) is 1.34. The van der Waals surface area contributed by atoms with Gasteiger partial charge in [0.05, 0.1) is 26.0 Å². The lowest BCUT2D eigenvalue weighted by molar-refractivity contribution is 0.0746. The molecule has 2 heterocycles. The molecule has 0 aliphatic carbocycles. The minimum absolute atomic E-state index is 0.0333. The van der Waals surface area contributed by atoms with Crippen molar-refractivity contribution in [2.75, 3.05) is 20.8 Å². The predicted molar refractivity (Wildman–Crippen MR) is 127 cm³/mol. The molecule has 0 radical (unpaired) electrons. The summed E-state index contributed by atoms with van der Waals surface area (Å²) in [5.41, 5.74) is 5.45. The van der Waals surface area contributed by atoms with Gasteiger partial charge >= 0.3 is 0 Å². The maximum atomic E-state index is 13.5. The number of hydrogen-bond donors (Lipinski definition) is 1. The molecule has 0 saturated heterocycles. The van der Waals surface area contributed by atoms with Gasteiger partial charge in [-0.3, -0.25) is 9.89 Å². The van der Waals surface area contributed by atoms with Crippen molar-refractivity contribution in [3.8, 4) is 22.8 Å². The second kappa shape index (κ2) is 8.82. The van der Waals surface area contributed by atoms with E-state index in [9.17, 15) is 4.79 Å². The monoisotopic (exact) mass is 439 g/mol. The lowest BCUT2D eigenvalue weighted by Crippen LogP contribution is -2.31. The standard InChI is InChI=1S/C27H25N3O3/c1-32-21-14-13-18(17-22(21)33-2)15-16-30-26(20-11-7-4-8-12-20)23-24(19-9-5-3-6-10-19)28-29-25(23)27(30)31/h3-14,17,26H,15-16H2,1-2H3,(H,28,29). The van der Waals surface area contributed by atoms with Crippen LogP contribution >= 0.6 is 0 Å². The van der Waals surface area contributed by atoms with E-state index in [-0.39, 0.29) is 11.9 Å². The number of nitrogens with zero attached hydrogens (tertiary/aromatic N) is 2. The fourth-order valence-electron chi connectivity index (χ4n) is 4.51. The van der Waals surface area contributed by atoms with Crippen molar-refractivity contribution < 1.29 is 14.3 Å². The molecular formula is C27H25N3O3. The van der Waals surface area contributed by atoms with Crippen LogP contribution in [0.2, 0.25) is 0 Å². The van der Waals surface area contributed by atoms with Crippen molar-refractivity contribution in [3.63, 3.8) is 0 Å². The van der Waals surface area contributed by atoms with Gasteiger partial charge in [0.1, 0.15) is 5.69 Å². The third-order valence-corrected chi connectivity index (χ3v) is 6.12. The lowest BCUT2D eigenvalue weighted by atomic mass is 9.96. The van der Waals surface area contributed by atoms with Crippen molar-refractivity contribution in [2.45, 2.75) is 12.5 Å². The van der Waals surface area contributed by atoms with Crippen LogP contribution in [-0.4, -0.2) is 41.8 Å². The van der Waals surface area contributed by atoms with Crippen LogP contribution in [0.1, 0.15) is 33.2 Å². The number of benzene rings is 3. The molecule has 1 N–H and O–H groups in total. The second-order valence-corrected chi connectivity index (χ2v) is 7.98. The summed E-state index contributed by atoms with van der Waals surface area (Å²) >= 11 is 0. The van der Waals surface area contributed by atoms with Crippen LogP contribution in [0.3, 0.4) is 0 Å². The Labute approximate surface area is 192 Å². The van der Waals surface area contributed by atoms with E-state index in [0.29, 0.717) is 30.2 Å². The molecule has 6 nitrogen and oxygen atoms in total. The van der Waals surface area contributed by atoms with Gasteiger partial charge in [-0.25, -0.2) is 0 Å². The topological polar surface area (TPSA) is 67.5 Å². The maximum absolute atomic E-state index is 13.5. The minimum Gasteiger partial charge on any atom is -0.493 e. The number of fused-ring (bicyclic) bond motifs is 1. The highest BCUT2D eigenvalue weighted by Gasteiger charge is 2.41. The molecule has 1 unspecified atom stereocenters. The van der Waals surface area contributed by atoms with E-state index < -0.39 is 0 Å². The molecule has 0 fully saturated rings. The van der Waals surface area contributed by atoms with E-state index in [2.05, 4.69) is 22.3 Å². The van der Waals surface area contributed by atoms with Gasteiger partial charge in [0.25, 0.3) is 5.91 Å². The van der Waals surface area contributed by atoms with Gasteiger partial charge in [-0.2, -0.15) is 5.10 Å². The number of amides is 1. The van der Waals surface area contributed by atoms with Crippen molar-refractivity contribution in [2.24, 2.45) is 0 Å². The van der Waals surface area contributed by atoms with E-state index in [4.69, 9.17) is 9.47 Å². The zero-order valence-electron chi connectivity index (χ0n) is 18.6. The van der Waals surface area contributed by atoms with Crippen molar-refractivity contribution in [1.82, 2.24) is 15.1 Å². The maximum Gasteiger partial charge on any atom is 0.273 e. The first kappa shape index (κ1) is 20.8. The van der Waals surface area contributed by atoms with Crippen molar-refractivity contribution >= 4 is 5.91 Å². The number of aromatic nitrogens is 2. The highest BCUT2D eigenvalue weighted by molar-refractivity contribution is 6.00. The van der Waals surface area contributed by atoms with E-state index in [1.54, 1.807) is 14.2 Å². The molecule has 1 aliphatic heterocycles. The molecule has 1 aromatic heterocycles. The number of H-pyrrole nitrogens is 1. The van der Waals surface area contributed by atoms with Gasteiger partial charge in [-0.1, -0.05) is 66.7 Å². The van der Waals surface area contributed by atoms with E-state index >= 15 is 0 Å². The molecule has 6 heteroatoms. The Morgan fingerprint density at radius 3 is 2.30 bits per heavy atom. The number of rotatable bonds is 7. The molecule has 1 aliphatic rings. The summed E-state index contributed by atoms with van der Waals surface area (Å²) in [6, 6.07) is 25.8. The summed E-state index contributed by atoms with van der Waals surface area (Å²) in [6.45, 7) is 0.560. The number of hydrogen-bond acceptors (Lipinski definition) is 4. The molecule has 3 aromatic carbocycles. The van der Waals surface area contributed by atoms with Gasteiger partial charge in [0, 0.05) is 17.7 Å². The van der Waals surface area contributed by atoms with E-state index in [0.717, 1.165) is 27.9 Å². The quantitative estimate of drug-likeness (QED) is 0.446. The molecule has 33 heavy (non-hydrogen) atoms. The zero-order valence-corrected chi connectivity index (χ0v) is 18.6. The Morgan fingerprint density at radius 2 is 1.61 bits per heavy atom. The van der Waals surface area contributed by atoms with Crippen LogP contribution in [0.5, 0.6) is 11.5 Å². The minimum atomic E-state index is -0.206. The summed E-state index contributed by atoms with van der Waals surface area (Å²) in [7, 11) is 3.25. The van der Waals surface area contributed by atoms with Gasteiger partial charge in [-0.15, -0.1) is 0 Å². The van der Waals surface area contributed by atoms with Gasteiger partial charge in [0.2, 0.25) is 0 Å². The Kier molecular flexibility index (Phi) is 5.57. The first-order valence-electron chi connectivity index (χ1n) is 10.9. The molecular weight excluding hydrogens is 414 g/mol. The molecule has 4 aromatic rings. The molecule has 0 saturated carbocycles. The molecule has 0 bridgehead atoms. The Bertz CT molecular complexity index is 1270. The number of nitrogens with one attached hydrogen (secondary N) is 1. The molecule has 1 atom stereocenters. The van der Waals surface area contributed by atoms with E-state index in [1.807, 2.05) is 71.6 Å². The Hall–Kier alpha value is -4.06. The van der Waals surface area contributed by atoms with Crippen LogP contribution in [-0.2, 0) is 6.42 Å². The van der Waals surface area contributed by atoms with Gasteiger partial charge < -0.3 is 14.4 Å². The Morgan fingerprint density at radius 1 is 0.909 bits per heavy atom. The summed E-state index contributed by atoms with van der Waals surface area (Å²) in [6.07, 6.45) is 0.688. The van der Waals surface area contributed by atoms with Gasteiger partial charge in [-0.05, 0) is 29.7 Å². The first-order valence-corrected chi connectivity index (χ1v) is 10.9. The van der Waals surface area contributed by atoms with Crippen LogP contribution < -0.4 is 9.47 Å². The normalized spacial score (nSPS) is 14.9. The summed E-state index contributed by atoms with van der Waals surface area (Å²) in [5, 5.41) is 7.54. The number of methoxy groups -OCH3 is 2. The van der Waals surface area contributed by atoms with Crippen molar-refractivity contribution in [3.05, 3.63) is 101 Å². The average Bonchev–Trinajstić information content (AvgIpc) is 3.42. The zero-order chi connectivity index (χ0) is 22.8. The predicted octanol–water partition coefficient (Wildman–Crippen LogP) is 4.88. The van der Waals surface area contributed by atoms with Crippen LogP contribution in [0.25, 0.3) is 11.3 Å². The molecule has 1 amide bonds. The van der Waals surface area contributed by atoms with Crippen LogP contribution in [0.4, 0.5) is 0 Å². The molecule has 0 spiro atoms. The third kappa shape index (κ3) is 3.74. The lowest BCUT2D eigenvalue weighted by Gasteiger charge is -2.26. The van der Waals surface area contributed by atoms with Crippen molar-refractivity contribution in [1.29, 1.82) is 0 Å². The summed E-state index contributed by atoms with van der Waals surface area (Å²) in [4.78, 5) is 15.4. The van der Waals surface area contributed by atoms with Gasteiger partial charge in [0.15, 0.2) is 11.5 Å². The second-order valence-electron chi connectivity index (χ2n) is 7.98. The Balaban J connectivity index is 1.51. The highest BCUT2D eigenvalue weighted by Crippen LogP contribution is 2.42. The first-order chi connectivity index (χ1) is 16.2. The smallest absolute Gasteiger partial charge is 0.273 e. The SMILES string of the molecule is COc1ccc(CCN2C(=O)c3[nH]nc(-c4ccccc4)c3C2c2ccccc2)cc1OC. The number of carbonyl (C=O) groups excluding carboxylic acids is 1. The highest BCUT2D eigenvalue weighted by atomic mass is 16.5. The fourth-order valence-corrected chi connectivity index (χ4v) is 4.51. The van der Waals surface area contributed by atoms with Crippen LogP contribution in [0, 0.1) is 0 Å².